The predicted molar refractivity (Wildman–Crippen MR) is 53.3 cm³/mol. The van der Waals surface area contributed by atoms with E-state index in [-0.39, 0.29) is 3.57 Å². The smallest absolute Gasteiger partial charge is 0.229 e. The molecule has 0 amide bonds. The molecule has 0 aromatic carbocycles. The molecule has 0 aliphatic heterocycles. The van der Waals surface area contributed by atoms with Crippen molar-refractivity contribution in [2.24, 2.45) is 5.14 Å². The van der Waals surface area contributed by atoms with Crippen LogP contribution < -0.4 is 5.14 Å². The monoisotopic (exact) mass is 352 g/mol. The van der Waals surface area contributed by atoms with Crippen LogP contribution in [0.3, 0.4) is 0 Å². The van der Waals surface area contributed by atoms with Crippen LogP contribution in [-0.4, -0.2) is 13.4 Å². The molecule has 1 aromatic heterocycles. The Morgan fingerprint density at radius 2 is 1.87 bits per heavy atom. The van der Waals surface area contributed by atoms with Crippen molar-refractivity contribution >= 4 is 32.6 Å². The van der Waals surface area contributed by atoms with Gasteiger partial charge in [0.2, 0.25) is 0 Å². The molecule has 1 heterocycles. The van der Waals surface area contributed by atoms with Gasteiger partial charge in [-0.05, 0) is 34.7 Å². The molecule has 0 saturated carbocycles. The SMILES string of the molecule is NS(=O)(=O)c1nc(C(F)(F)F)ccc1I. The van der Waals surface area contributed by atoms with Gasteiger partial charge in [-0.25, -0.2) is 18.5 Å². The number of aromatic nitrogens is 1. The molecule has 4 nitrogen and oxygen atoms in total. The highest BCUT2D eigenvalue weighted by Crippen LogP contribution is 2.29. The van der Waals surface area contributed by atoms with E-state index in [1.54, 1.807) is 22.6 Å². The number of nitrogens with zero attached hydrogens (tertiary/aromatic N) is 1. The highest BCUT2D eigenvalue weighted by atomic mass is 127. The Morgan fingerprint density at radius 3 is 2.27 bits per heavy atom. The highest BCUT2D eigenvalue weighted by Gasteiger charge is 2.34. The summed E-state index contributed by atoms with van der Waals surface area (Å²) in [5.41, 5.74) is -1.29. The first-order chi connectivity index (χ1) is 6.62. The van der Waals surface area contributed by atoms with Gasteiger partial charge >= 0.3 is 6.18 Å². The van der Waals surface area contributed by atoms with Gasteiger partial charge in [0.15, 0.2) is 5.03 Å². The number of hydrogen-bond acceptors (Lipinski definition) is 3. The van der Waals surface area contributed by atoms with Crippen LogP contribution in [0.15, 0.2) is 17.2 Å². The molecule has 1 rings (SSSR count). The molecular weight excluding hydrogens is 348 g/mol. The first-order valence-electron chi connectivity index (χ1n) is 3.39. The zero-order chi connectivity index (χ0) is 11.9. The summed E-state index contributed by atoms with van der Waals surface area (Å²) in [5, 5.41) is 3.94. The van der Waals surface area contributed by atoms with E-state index in [2.05, 4.69) is 4.98 Å². The lowest BCUT2D eigenvalue weighted by Gasteiger charge is -2.07. The maximum Gasteiger partial charge on any atom is 0.433 e. The van der Waals surface area contributed by atoms with Gasteiger partial charge in [-0.1, -0.05) is 0 Å². The van der Waals surface area contributed by atoms with E-state index in [4.69, 9.17) is 5.14 Å². The molecule has 0 fully saturated rings. The lowest BCUT2D eigenvalue weighted by atomic mass is 10.3. The van der Waals surface area contributed by atoms with E-state index in [9.17, 15) is 21.6 Å². The molecule has 0 bridgehead atoms. The number of primary sulfonamides is 1. The lowest BCUT2D eigenvalue weighted by Crippen LogP contribution is -2.18. The summed E-state index contributed by atoms with van der Waals surface area (Å²) in [6.07, 6.45) is -4.69. The van der Waals surface area contributed by atoms with Gasteiger partial charge in [0.1, 0.15) is 5.69 Å². The molecule has 84 valence electrons. The van der Waals surface area contributed by atoms with Crippen LogP contribution in [0.4, 0.5) is 13.2 Å². The number of sulfonamides is 1. The minimum Gasteiger partial charge on any atom is -0.229 e. The molecule has 0 atom stereocenters. The van der Waals surface area contributed by atoms with Gasteiger partial charge in [-0.15, -0.1) is 0 Å². The fourth-order valence-corrected chi connectivity index (χ4v) is 2.57. The average molecular weight is 352 g/mol. The Balaban J connectivity index is 3.43. The van der Waals surface area contributed by atoms with Crippen LogP contribution >= 0.6 is 22.6 Å². The van der Waals surface area contributed by atoms with Crippen LogP contribution in [0, 0.1) is 3.57 Å². The molecule has 1 aromatic rings. The van der Waals surface area contributed by atoms with Gasteiger partial charge in [0, 0.05) is 0 Å². The van der Waals surface area contributed by atoms with Crippen molar-refractivity contribution in [2.75, 3.05) is 0 Å². The largest absolute Gasteiger partial charge is 0.433 e. The second-order valence-corrected chi connectivity index (χ2v) is 5.17. The second kappa shape index (κ2) is 3.87. The fraction of sp³-hybridized carbons (Fsp3) is 0.167. The van der Waals surface area contributed by atoms with E-state index >= 15 is 0 Å². The summed E-state index contributed by atoms with van der Waals surface area (Å²) in [6, 6.07) is 1.69. The lowest BCUT2D eigenvalue weighted by molar-refractivity contribution is -0.141. The quantitative estimate of drug-likeness (QED) is 0.776. The minimum absolute atomic E-state index is 0.0445. The van der Waals surface area contributed by atoms with Crippen molar-refractivity contribution in [3.63, 3.8) is 0 Å². The van der Waals surface area contributed by atoms with Gasteiger partial charge in [-0.3, -0.25) is 0 Å². The zero-order valence-corrected chi connectivity index (χ0v) is 9.89. The standard InChI is InChI=1S/C6H4F3IN2O2S/c7-6(8,9)4-2-1-3(10)5(12-4)15(11,13)14/h1-2H,(H2,11,13,14). The van der Waals surface area contributed by atoms with Gasteiger partial charge in [0.05, 0.1) is 3.57 Å². The average Bonchev–Trinajstić information content (AvgIpc) is 2.00. The van der Waals surface area contributed by atoms with E-state index < -0.39 is 26.9 Å². The van der Waals surface area contributed by atoms with E-state index in [1.807, 2.05) is 0 Å². The van der Waals surface area contributed by atoms with E-state index in [0.29, 0.717) is 6.07 Å². The molecule has 2 N–H and O–H groups in total. The molecular formula is C6H4F3IN2O2S. The molecule has 0 saturated heterocycles. The van der Waals surface area contributed by atoms with Crippen molar-refractivity contribution < 1.29 is 21.6 Å². The number of alkyl halides is 3. The predicted octanol–water partition coefficient (Wildman–Crippen LogP) is 1.35. The van der Waals surface area contributed by atoms with Crippen LogP contribution in [0.5, 0.6) is 0 Å². The van der Waals surface area contributed by atoms with Crippen LogP contribution in [-0.2, 0) is 16.2 Å². The molecule has 0 aliphatic carbocycles. The van der Waals surface area contributed by atoms with Crippen LogP contribution in [0.2, 0.25) is 0 Å². The van der Waals surface area contributed by atoms with Crippen molar-refractivity contribution in [3.05, 3.63) is 21.4 Å². The number of nitrogens with two attached hydrogens (primary N) is 1. The first kappa shape index (κ1) is 12.6. The van der Waals surface area contributed by atoms with Crippen molar-refractivity contribution in [3.8, 4) is 0 Å². The van der Waals surface area contributed by atoms with Gasteiger partial charge < -0.3 is 0 Å². The topological polar surface area (TPSA) is 73.1 Å². The molecule has 9 heteroatoms. The summed E-state index contributed by atoms with van der Waals surface area (Å²) >= 11 is 1.54. The molecule has 0 spiro atoms. The Labute approximate surface area is 96.9 Å². The first-order valence-corrected chi connectivity index (χ1v) is 6.01. The third-order valence-electron chi connectivity index (χ3n) is 1.37. The minimum atomic E-state index is -4.69. The van der Waals surface area contributed by atoms with E-state index in [0.717, 1.165) is 6.07 Å². The Morgan fingerprint density at radius 1 is 1.33 bits per heavy atom. The maximum absolute atomic E-state index is 12.2. The molecule has 0 aliphatic rings. The van der Waals surface area contributed by atoms with Gasteiger partial charge in [-0.2, -0.15) is 13.2 Å². The maximum atomic E-state index is 12.2. The summed E-state index contributed by atoms with van der Waals surface area (Å²) in [5.74, 6) is 0. The fourth-order valence-electron chi connectivity index (χ4n) is 0.781. The highest BCUT2D eigenvalue weighted by molar-refractivity contribution is 14.1. The summed E-state index contributed by atoms with van der Waals surface area (Å²) in [6.45, 7) is 0. The van der Waals surface area contributed by atoms with Crippen LogP contribution in [0.1, 0.15) is 5.69 Å². The third-order valence-corrected chi connectivity index (χ3v) is 3.46. The summed E-state index contributed by atoms with van der Waals surface area (Å²) in [4.78, 5) is 2.97. The Bertz CT molecular complexity index is 486. The summed E-state index contributed by atoms with van der Waals surface area (Å²) < 4.78 is 58.4. The summed E-state index contributed by atoms with van der Waals surface area (Å²) in [7, 11) is -4.23. The number of rotatable bonds is 1. The van der Waals surface area contributed by atoms with Gasteiger partial charge in [0.25, 0.3) is 10.0 Å². The Kier molecular flexibility index (Phi) is 3.26. The number of pyridine rings is 1. The number of hydrogen-bond donors (Lipinski definition) is 1. The van der Waals surface area contributed by atoms with Crippen molar-refractivity contribution in [2.45, 2.75) is 11.2 Å². The third kappa shape index (κ3) is 3.01. The molecule has 0 unspecified atom stereocenters. The van der Waals surface area contributed by atoms with Crippen LogP contribution in [0.25, 0.3) is 0 Å². The van der Waals surface area contributed by atoms with Crippen molar-refractivity contribution in [1.82, 2.24) is 4.98 Å². The zero-order valence-electron chi connectivity index (χ0n) is 6.92. The van der Waals surface area contributed by atoms with Crippen molar-refractivity contribution in [1.29, 1.82) is 0 Å². The number of halogens is 4. The second-order valence-electron chi connectivity index (χ2n) is 2.53. The normalized spacial score (nSPS) is 12.9. The van der Waals surface area contributed by atoms with E-state index in [1.165, 1.54) is 0 Å². The molecule has 15 heavy (non-hydrogen) atoms. The Hall–Kier alpha value is -0.420. The molecule has 0 radical (unpaired) electrons.